The van der Waals surface area contributed by atoms with Gasteiger partial charge in [-0.1, -0.05) is 18.6 Å². The van der Waals surface area contributed by atoms with E-state index < -0.39 is 58.5 Å². The molecule has 0 spiro atoms. The van der Waals surface area contributed by atoms with Gasteiger partial charge >= 0.3 is 0 Å². The van der Waals surface area contributed by atoms with Crippen LogP contribution in [0.3, 0.4) is 0 Å². The van der Waals surface area contributed by atoms with E-state index in [1.54, 1.807) is 13.8 Å². The molecule has 0 aliphatic heterocycles. The maximum Gasteiger partial charge on any atom is 0.192 e. The topological polar surface area (TPSA) is 115 Å². The second kappa shape index (κ2) is 5.81. The summed E-state index contributed by atoms with van der Waals surface area (Å²) in [4.78, 5) is 24.2. The van der Waals surface area contributed by atoms with Gasteiger partial charge in [0, 0.05) is 16.7 Å². The van der Waals surface area contributed by atoms with Crippen LogP contribution in [0.5, 0.6) is 0 Å². The van der Waals surface area contributed by atoms with Gasteiger partial charge in [-0.25, -0.2) is 4.39 Å². The minimum absolute atomic E-state index is 0.0135. The van der Waals surface area contributed by atoms with E-state index in [0.717, 1.165) is 0 Å². The molecule has 4 rings (SSSR count). The van der Waals surface area contributed by atoms with E-state index in [2.05, 4.69) is 0 Å². The van der Waals surface area contributed by atoms with Crippen LogP contribution in [-0.4, -0.2) is 62.1 Å². The third kappa shape index (κ3) is 2.01. The first-order valence-corrected chi connectivity index (χ1v) is 9.82. The van der Waals surface area contributed by atoms with Crippen LogP contribution in [0.15, 0.2) is 23.8 Å². The number of ketones is 2. The van der Waals surface area contributed by atoms with Gasteiger partial charge < -0.3 is 20.4 Å². The van der Waals surface area contributed by atoms with Crippen LogP contribution in [-0.2, 0) is 9.59 Å². The van der Waals surface area contributed by atoms with Gasteiger partial charge in [-0.3, -0.25) is 9.59 Å². The lowest BCUT2D eigenvalue weighted by atomic mass is 9.44. The number of aliphatic hydroxyl groups excluding tert-OH is 3. The molecule has 2 unspecified atom stereocenters. The van der Waals surface area contributed by atoms with E-state index in [-0.39, 0.29) is 18.6 Å². The van der Waals surface area contributed by atoms with Crippen molar-refractivity contribution in [2.45, 2.75) is 63.0 Å². The Balaban J connectivity index is 1.84. The van der Waals surface area contributed by atoms with E-state index in [1.807, 2.05) is 0 Å². The molecule has 0 radical (unpaired) electrons. The maximum absolute atomic E-state index is 16.8. The van der Waals surface area contributed by atoms with E-state index in [1.165, 1.54) is 18.2 Å². The molecular formula is C21H27FO6. The summed E-state index contributed by atoms with van der Waals surface area (Å²) in [6.07, 6.45) is 1.93. The fourth-order valence-electron chi connectivity index (χ4n) is 6.85. The highest BCUT2D eigenvalue weighted by atomic mass is 19.1. The molecule has 0 amide bonds. The average molecular weight is 394 g/mol. The highest BCUT2D eigenvalue weighted by molar-refractivity contribution is 6.01. The third-order valence-corrected chi connectivity index (χ3v) is 8.43. The van der Waals surface area contributed by atoms with Gasteiger partial charge in [-0.2, -0.15) is 0 Å². The van der Waals surface area contributed by atoms with E-state index in [9.17, 15) is 30.0 Å². The molecule has 154 valence electrons. The Bertz CT molecular complexity index is 807. The molecule has 0 bridgehead atoms. The Labute approximate surface area is 162 Å². The van der Waals surface area contributed by atoms with Crippen molar-refractivity contribution in [3.05, 3.63) is 23.8 Å². The van der Waals surface area contributed by atoms with Crippen LogP contribution in [0.1, 0.15) is 39.5 Å². The summed E-state index contributed by atoms with van der Waals surface area (Å²) in [6.45, 7) is 2.33. The number of hydrogen-bond acceptors (Lipinski definition) is 6. The lowest BCUT2D eigenvalue weighted by Crippen LogP contribution is -2.69. The molecule has 0 aromatic heterocycles. The molecule has 4 aliphatic carbocycles. The van der Waals surface area contributed by atoms with E-state index >= 15 is 4.39 Å². The van der Waals surface area contributed by atoms with Gasteiger partial charge in [0.1, 0.15) is 6.61 Å². The second-order valence-electron chi connectivity index (χ2n) is 9.36. The van der Waals surface area contributed by atoms with Crippen molar-refractivity contribution in [1.29, 1.82) is 0 Å². The third-order valence-electron chi connectivity index (χ3n) is 8.43. The number of allylic oxidation sites excluding steroid dienone is 4. The maximum atomic E-state index is 16.8. The number of alkyl halides is 1. The van der Waals surface area contributed by atoms with Crippen molar-refractivity contribution in [3.8, 4) is 0 Å². The zero-order chi connectivity index (χ0) is 20.7. The quantitative estimate of drug-likeness (QED) is 0.546. The van der Waals surface area contributed by atoms with Crippen molar-refractivity contribution in [3.63, 3.8) is 0 Å². The monoisotopic (exact) mass is 394 g/mol. The molecule has 0 aromatic rings. The Morgan fingerprint density at radius 2 is 1.93 bits per heavy atom. The molecule has 8 atom stereocenters. The van der Waals surface area contributed by atoms with Crippen molar-refractivity contribution in [1.82, 2.24) is 0 Å². The first kappa shape index (κ1) is 19.9. The lowest BCUT2D eigenvalue weighted by Gasteiger charge is -2.62. The predicted molar refractivity (Wildman–Crippen MR) is 96.8 cm³/mol. The van der Waals surface area contributed by atoms with Gasteiger partial charge in [0.15, 0.2) is 22.8 Å². The summed E-state index contributed by atoms with van der Waals surface area (Å²) in [5.41, 5.74) is -6.12. The fraction of sp³-hybridized carbons (Fsp3) is 0.714. The normalized spacial score (nSPS) is 52.5. The molecule has 28 heavy (non-hydrogen) atoms. The highest BCUT2D eigenvalue weighted by Crippen LogP contribution is 2.69. The molecule has 6 nitrogen and oxygen atoms in total. The Morgan fingerprint density at radius 1 is 1.25 bits per heavy atom. The summed E-state index contributed by atoms with van der Waals surface area (Å²) in [5, 5.41) is 42.1. The molecule has 4 N–H and O–H groups in total. The average Bonchev–Trinajstić information content (AvgIpc) is 2.84. The standard InChI is InChI=1S/C21H27FO6/c1-18-6-5-12(24)7-11(18)3-4-13-14-8-15(25)21(28,17(27)10-23)19(14,2)9-16(26)20(13,18)22/h5-7,13-16,23,25-26,28H,3-4,8-10H2,1-2H3/t13?,14-,15+,16-,18-,19?,20-,21-/m0/s1. The number of hydrogen-bond donors (Lipinski definition) is 4. The van der Waals surface area contributed by atoms with Crippen LogP contribution in [0.4, 0.5) is 4.39 Å². The second-order valence-corrected chi connectivity index (χ2v) is 9.36. The minimum Gasteiger partial charge on any atom is -0.390 e. The van der Waals surface area contributed by atoms with Gasteiger partial charge in [0.2, 0.25) is 0 Å². The molecule has 0 heterocycles. The SMILES string of the molecule is CC12C[C@H](O)[C@@]3(F)C(CCC4=CC(=O)C=C[C@@]43C)[C@@H]1C[C@@H](O)[C@]2(O)C(=O)CO. The molecular weight excluding hydrogens is 367 g/mol. The van der Waals surface area contributed by atoms with Crippen LogP contribution in [0.25, 0.3) is 0 Å². The molecule has 7 heteroatoms. The van der Waals surface area contributed by atoms with Gasteiger partial charge in [0.05, 0.1) is 12.2 Å². The Kier molecular flexibility index (Phi) is 4.13. The molecule has 3 saturated carbocycles. The smallest absolute Gasteiger partial charge is 0.192 e. The summed E-state index contributed by atoms with van der Waals surface area (Å²) in [5.74, 6) is -2.38. The number of rotatable bonds is 2. The number of Topliss-reactive ketones (excluding diaryl/α,β-unsaturated/α-hetero) is 1. The van der Waals surface area contributed by atoms with Gasteiger partial charge in [-0.05, 0) is 50.7 Å². The largest absolute Gasteiger partial charge is 0.390 e. The van der Waals surface area contributed by atoms with Crippen LogP contribution < -0.4 is 0 Å². The van der Waals surface area contributed by atoms with Crippen molar-refractivity contribution >= 4 is 11.6 Å². The first-order valence-electron chi connectivity index (χ1n) is 9.82. The Hall–Kier alpha value is -1.41. The number of aliphatic hydroxyl groups is 4. The highest BCUT2D eigenvalue weighted by Gasteiger charge is 2.76. The summed E-state index contributed by atoms with van der Waals surface area (Å²) in [6, 6.07) is 0. The first-order chi connectivity index (χ1) is 13.0. The summed E-state index contributed by atoms with van der Waals surface area (Å²) < 4.78 is 16.8. The van der Waals surface area contributed by atoms with Crippen molar-refractivity contribution < 1.29 is 34.4 Å². The van der Waals surface area contributed by atoms with E-state index in [0.29, 0.717) is 18.4 Å². The predicted octanol–water partition coefficient (Wildman–Crippen LogP) is 0.620. The minimum atomic E-state index is -2.23. The summed E-state index contributed by atoms with van der Waals surface area (Å²) in [7, 11) is 0. The van der Waals surface area contributed by atoms with Crippen LogP contribution in [0.2, 0.25) is 0 Å². The Morgan fingerprint density at radius 3 is 2.57 bits per heavy atom. The molecule has 3 fully saturated rings. The number of halogens is 1. The molecule has 4 aliphatic rings. The fourth-order valence-corrected chi connectivity index (χ4v) is 6.85. The number of carbonyl (C=O) groups is 2. The molecule has 0 saturated heterocycles. The van der Waals surface area contributed by atoms with Gasteiger partial charge in [-0.15, -0.1) is 0 Å². The van der Waals surface area contributed by atoms with Crippen LogP contribution >= 0.6 is 0 Å². The zero-order valence-corrected chi connectivity index (χ0v) is 16.1. The zero-order valence-electron chi connectivity index (χ0n) is 16.1. The van der Waals surface area contributed by atoms with Crippen LogP contribution in [0, 0.1) is 22.7 Å². The lowest BCUT2D eigenvalue weighted by molar-refractivity contribution is -0.222. The van der Waals surface area contributed by atoms with Crippen molar-refractivity contribution in [2.24, 2.45) is 22.7 Å². The molecule has 0 aromatic carbocycles. The van der Waals surface area contributed by atoms with E-state index in [4.69, 9.17) is 0 Å². The van der Waals surface area contributed by atoms with Crippen molar-refractivity contribution in [2.75, 3.05) is 6.61 Å². The number of fused-ring (bicyclic) bond motifs is 5. The summed E-state index contributed by atoms with van der Waals surface area (Å²) >= 11 is 0. The van der Waals surface area contributed by atoms with Gasteiger partial charge in [0.25, 0.3) is 0 Å². The number of carbonyl (C=O) groups excluding carboxylic acids is 2.